The SMILES string of the molecule is CC(C)N(C[C@H]1CCCCN1C(=O)[C@H](O)CO)c1ncc(B2OC(C)(C)C(C)(C)O2)cn1. The fraction of sp³-hybridized carbons (Fsp3) is 0.773. The number of carbonyl (C=O) groups is 1. The standard InChI is InChI=1S/C22H37BN4O5/c1-15(2)27(13-17-9-7-8-10-26(17)19(30)18(29)14-28)20-24-11-16(12-25-20)23-31-21(3,4)22(5,6)32-23/h11-12,15,17-18,28-29H,7-10,13-14H2,1-6H3/t17-,18-/m1/s1. The lowest BCUT2D eigenvalue weighted by Gasteiger charge is -2.40. The van der Waals surface area contributed by atoms with Gasteiger partial charge in [-0.1, -0.05) is 0 Å². The highest BCUT2D eigenvalue weighted by atomic mass is 16.7. The minimum Gasteiger partial charge on any atom is -0.399 e. The first-order valence-electron chi connectivity index (χ1n) is 11.5. The number of aliphatic hydroxyl groups is 2. The van der Waals surface area contributed by atoms with Crippen LogP contribution in [0.1, 0.15) is 60.8 Å². The third kappa shape index (κ3) is 5.08. The van der Waals surface area contributed by atoms with Crippen LogP contribution in [0.15, 0.2) is 12.4 Å². The maximum Gasteiger partial charge on any atom is 0.498 e. The summed E-state index contributed by atoms with van der Waals surface area (Å²) in [6, 6.07) is 0.0329. The molecule has 0 radical (unpaired) electrons. The first-order chi connectivity index (χ1) is 15.0. The average molecular weight is 448 g/mol. The van der Waals surface area contributed by atoms with Crippen LogP contribution in [0.25, 0.3) is 0 Å². The molecule has 178 valence electrons. The number of amides is 1. The monoisotopic (exact) mass is 448 g/mol. The number of hydrogen-bond acceptors (Lipinski definition) is 8. The summed E-state index contributed by atoms with van der Waals surface area (Å²) in [6.07, 6.45) is 4.83. The van der Waals surface area contributed by atoms with E-state index in [1.807, 2.05) is 27.7 Å². The Balaban J connectivity index is 1.75. The summed E-state index contributed by atoms with van der Waals surface area (Å²) < 4.78 is 12.2. The van der Waals surface area contributed by atoms with E-state index in [2.05, 4.69) is 28.7 Å². The van der Waals surface area contributed by atoms with Crippen molar-refractivity contribution >= 4 is 24.4 Å². The van der Waals surface area contributed by atoms with E-state index >= 15 is 0 Å². The van der Waals surface area contributed by atoms with Crippen molar-refractivity contribution < 1.29 is 24.3 Å². The Morgan fingerprint density at radius 2 is 1.81 bits per heavy atom. The lowest BCUT2D eigenvalue weighted by Crippen LogP contribution is -2.54. The van der Waals surface area contributed by atoms with Crippen molar-refractivity contribution in [3.63, 3.8) is 0 Å². The smallest absolute Gasteiger partial charge is 0.399 e. The molecule has 1 amide bonds. The molecule has 1 aromatic heterocycles. The number of piperidine rings is 1. The van der Waals surface area contributed by atoms with E-state index < -0.39 is 36.9 Å². The molecule has 0 aliphatic carbocycles. The number of carbonyl (C=O) groups excluding carboxylic acids is 1. The fourth-order valence-electron chi connectivity index (χ4n) is 4.08. The predicted octanol–water partition coefficient (Wildman–Crippen LogP) is 0.725. The second kappa shape index (κ2) is 9.63. The van der Waals surface area contributed by atoms with Crippen molar-refractivity contribution in [1.82, 2.24) is 14.9 Å². The zero-order chi connectivity index (χ0) is 23.7. The molecule has 32 heavy (non-hydrogen) atoms. The highest BCUT2D eigenvalue weighted by Crippen LogP contribution is 2.36. The number of likely N-dealkylation sites (tertiary alicyclic amines) is 1. The first-order valence-corrected chi connectivity index (χ1v) is 11.5. The molecule has 0 unspecified atom stereocenters. The minimum atomic E-state index is -1.38. The molecule has 0 spiro atoms. The van der Waals surface area contributed by atoms with Crippen molar-refractivity contribution in [1.29, 1.82) is 0 Å². The molecule has 0 bridgehead atoms. The van der Waals surface area contributed by atoms with E-state index in [1.54, 1.807) is 17.3 Å². The summed E-state index contributed by atoms with van der Waals surface area (Å²) in [6.45, 7) is 12.7. The van der Waals surface area contributed by atoms with E-state index in [9.17, 15) is 15.0 Å². The summed E-state index contributed by atoms with van der Waals surface area (Å²) in [5.41, 5.74) is -0.107. The van der Waals surface area contributed by atoms with Gasteiger partial charge in [-0.15, -0.1) is 0 Å². The van der Waals surface area contributed by atoms with Crippen LogP contribution in [-0.2, 0) is 14.1 Å². The Labute approximate surface area is 191 Å². The molecule has 0 aromatic carbocycles. The second-order valence-corrected chi connectivity index (χ2v) is 10.0. The van der Waals surface area contributed by atoms with Crippen molar-refractivity contribution in [3.05, 3.63) is 12.4 Å². The highest BCUT2D eigenvalue weighted by molar-refractivity contribution is 6.61. The van der Waals surface area contributed by atoms with Gasteiger partial charge in [-0.3, -0.25) is 4.79 Å². The lowest BCUT2D eigenvalue weighted by molar-refractivity contribution is -0.145. The Kier molecular flexibility index (Phi) is 7.49. The van der Waals surface area contributed by atoms with Gasteiger partial charge in [0.05, 0.1) is 17.8 Å². The largest absolute Gasteiger partial charge is 0.498 e. The molecule has 3 heterocycles. The van der Waals surface area contributed by atoms with Crippen LogP contribution in [0.3, 0.4) is 0 Å². The molecular formula is C22H37BN4O5. The van der Waals surface area contributed by atoms with E-state index in [0.717, 1.165) is 24.7 Å². The molecule has 1 aromatic rings. The van der Waals surface area contributed by atoms with Crippen LogP contribution in [0.5, 0.6) is 0 Å². The van der Waals surface area contributed by atoms with E-state index in [-0.39, 0.29) is 12.1 Å². The maximum absolute atomic E-state index is 12.6. The maximum atomic E-state index is 12.6. The Hall–Kier alpha value is -1.75. The van der Waals surface area contributed by atoms with Gasteiger partial charge in [0, 0.05) is 43.0 Å². The van der Waals surface area contributed by atoms with Gasteiger partial charge in [0.1, 0.15) is 0 Å². The molecule has 2 aliphatic heterocycles. The van der Waals surface area contributed by atoms with Crippen LogP contribution < -0.4 is 10.4 Å². The van der Waals surface area contributed by atoms with Gasteiger partial charge in [0.2, 0.25) is 5.95 Å². The van der Waals surface area contributed by atoms with Crippen LogP contribution in [0, 0.1) is 0 Å². The number of hydrogen-bond donors (Lipinski definition) is 2. The van der Waals surface area contributed by atoms with Gasteiger partial charge >= 0.3 is 7.12 Å². The summed E-state index contributed by atoms with van der Waals surface area (Å²) >= 11 is 0. The van der Waals surface area contributed by atoms with E-state index in [0.29, 0.717) is 19.0 Å². The predicted molar refractivity (Wildman–Crippen MR) is 123 cm³/mol. The minimum absolute atomic E-state index is 0.0776. The van der Waals surface area contributed by atoms with Crippen molar-refractivity contribution in [2.24, 2.45) is 0 Å². The van der Waals surface area contributed by atoms with Gasteiger partial charge in [0.25, 0.3) is 5.91 Å². The molecule has 3 rings (SSSR count). The molecule has 9 nitrogen and oxygen atoms in total. The van der Waals surface area contributed by atoms with Gasteiger partial charge in [-0.05, 0) is 60.8 Å². The Bertz CT molecular complexity index is 773. The molecule has 2 N–H and O–H groups in total. The molecule has 10 heteroatoms. The number of rotatable bonds is 7. The Morgan fingerprint density at radius 1 is 1.22 bits per heavy atom. The molecule has 2 atom stereocenters. The quantitative estimate of drug-likeness (QED) is 0.588. The van der Waals surface area contributed by atoms with Gasteiger partial charge in [-0.25, -0.2) is 9.97 Å². The van der Waals surface area contributed by atoms with Crippen molar-refractivity contribution in [2.45, 2.75) is 90.2 Å². The number of aliphatic hydroxyl groups excluding tert-OH is 2. The zero-order valence-corrected chi connectivity index (χ0v) is 20.1. The third-order valence-electron chi connectivity index (χ3n) is 6.84. The molecule has 2 saturated heterocycles. The molecule has 0 saturated carbocycles. The molecular weight excluding hydrogens is 411 g/mol. The van der Waals surface area contributed by atoms with Crippen molar-refractivity contribution in [3.8, 4) is 0 Å². The number of nitrogens with zero attached hydrogens (tertiary/aromatic N) is 4. The fourth-order valence-corrected chi connectivity index (χ4v) is 4.08. The number of anilines is 1. The van der Waals surface area contributed by atoms with E-state index in [1.165, 1.54) is 0 Å². The number of aromatic nitrogens is 2. The van der Waals surface area contributed by atoms with Crippen LogP contribution in [-0.4, -0.2) is 87.2 Å². The molecule has 2 fully saturated rings. The average Bonchev–Trinajstić information content (AvgIpc) is 2.98. The first kappa shape index (κ1) is 24.9. The summed E-state index contributed by atoms with van der Waals surface area (Å²) in [7, 11) is -0.520. The lowest BCUT2D eigenvalue weighted by atomic mass is 9.81. The van der Waals surface area contributed by atoms with Crippen LogP contribution >= 0.6 is 0 Å². The molecule has 2 aliphatic rings. The van der Waals surface area contributed by atoms with Crippen LogP contribution in [0.2, 0.25) is 0 Å². The van der Waals surface area contributed by atoms with Gasteiger partial charge < -0.3 is 29.3 Å². The zero-order valence-electron chi connectivity index (χ0n) is 20.1. The normalized spacial score (nSPS) is 23.5. The summed E-state index contributed by atoms with van der Waals surface area (Å²) in [4.78, 5) is 25.5. The second-order valence-electron chi connectivity index (χ2n) is 10.0. The van der Waals surface area contributed by atoms with Gasteiger partial charge in [0.15, 0.2) is 6.10 Å². The van der Waals surface area contributed by atoms with Gasteiger partial charge in [-0.2, -0.15) is 0 Å². The Morgan fingerprint density at radius 3 is 2.34 bits per heavy atom. The van der Waals surface area contributed by atoms with Crippen LogP contribution in [0.4, 0.5) is 5.95 Å². The highest BCUT2D eigenvalue weighted by Gasteiger charge is 2.52. The van der Waals surface area contributed by atoms with Crippen molar-refractivity contribution in [2.75, 3.05) is 24.6 Å². The third-order valence-corrected chi connectivity index (χ3v) is 6.84. The topological polar surface area (TPSA) is 108 Å². The summed E-state index contributed by atoms with van der Waals surface area (Å²) in [5, 5.41) is 19.1. The summed E-state index contributed by atoms with van der Waals surface area (Å²) in [5.74, 6) is 0.152. The van der Waals surface area contributed by atoms with E-state index in [4.69, 9.17) is 9.31 Å².